The van der Waals surface area contributed by atoms with Crippen LogP contribution in [-0.4, -0.2) is 17.4 Å². The van der Waals surface area contributed by atoms with Crippen LogP contribution in [0.1, 0.15) is 15.4 Å². The lowest BCUT2D eigenvalue weighted by Crippen LogP contribution is -2.25. The predicted molar refractivity (Wildman–Crippen MR) is 76.7 cm³/mol. The van der Waals surface area contributed by atoms with Crippen molar-refractivity contribution in [1.29, 1.82) is 0 Å². The fraction of sp³-hybridized carbons (Fsp3) is 0.167. The fourth-order valence-corrected chi connectivity index (χ4v) is 2.64. The second-order valence-electron chi connectivity index (χ2n) is 3.70. The van der Waals surface area contributed by atoms with Crippen LogP contribution in [0.5, 0.6) is 0 Å². The number of amides is 1. The molecule has 1 aromatic heterocycles. The predicted octanol–water partition coefficient (Wildman–Crippen LogP) is 2.46. The molecular weight excluding hydrogens is 314 g/mol. The minimum atomic E-state index is -0.125. The van der Waals surface area contributed by atoms with Gasteiger partial charge in [-0.15, -0.1) is 11.3 Å². The van der Waals surface area contributed by atoms with Crippen molar-refractivity contribution >= 4 is 38.9 Å². The minimum Gasteiger partial charge on any atom is -0.399 e. The van der Waals surface area contributed by atoms with E-state index < -0.39 is 0 Å². The highest BCUT2D eigenvalue weighted by Gasteiger charge is 2.07. The molecule has 0 saturated carbocycles. The number of hydrogen-bond donors (Lipinski definition) is 2. The summed E-state index contributed by atoms with van der Waals surface area (Å²) in [5, 5.41) is 5.78. The van der Waals surface area contributed by atoms with E-state index in [0.717, 1.165) is 15.9 Å². The van der Waals surface area contributed by atoms with Crippen LogP contribution in [0.25, 0.3) is 0 Å². The number of hydrogen-bond acceptors (Lipinski definition) is 4. The second-order valence-corrected chi connectivity index (χ2v) is 5.60. The molecule has 1 aromatic carbocycles. The Bertz CT molecular complexity index is 522. The van der Waals surface area contributed by atoms with E-state index >= 15 is 0 Å². The van der Waals surface area contributed by atoms with Crippen LogP contribution in [0.4, 0.5) is 5.69 Å². The van der Waals surface area contributed by atoms with Crippen molar-refractivity contribution in [3.05, 3.63) is 44.8 Å². The maximum Gasteiger partial charge on any atom is 0.251 e. The second kappa shape index (κ2) is 5.97. The first-order valence-electron chi connectivity index (χ1n) is 5.38. The van der Waals surface area contributed by atoms with Gasteiger partial charge in [0.05, 0.1) is 5.01 Å². The molecular formula is C12H12BrN3OS. The van der Waals surface area contributed by atoms with E-state index in [0.29, 0.717) is 17.8 Å². The highest BCUT2D eigenvalue weighted by atomic mass is 79.9. The van der Waals surface area contributed by atoms with Crippen LogP contribution < -0.4 is 11.1 Å². The zero-order chi connectivity index (χ0) is 13.0. The first kappa shape index (κ1) is 13.0. The van der Waals surface area contributed by atoms with Gasteiger partial charge in [-0.25, -0.2) is 4.98 Å². The van der Waals surface area contributed by atoms with Crippen molar-refractivity contribution in [3.63, 3.8) is 0 Å². The van der Waals surface area contributed by atoms with E-state index in [9.17, 15) is 4.79 Å². The van der Waals surface area contributed by atoms with Crippen molar-refractivity contribution in [2.75, 3.05) is 12.3 Å². The van der Waals surface area contributed by atoms with E-state index in [1.54, 1.807) is 35.7 Å². The number of carbonyl (C=O) groups is 1. The van der Waals surface area contributed by atoms with E-state index in [4.69, 9.17) is 5.73 Å². The van der Waals surface area contributed by atoms with Crippen LogP contribution in [0.2, 0.25) is 0 Å². The lowest BCUT2D eigenvalue weighted by molar-refractivity contribution is 0.0954. The molecule has 2 aromatic rings. The summed E-state index contributed by atoms with van der Waals surface area (Å²) in [5.41, 5.74) is 6.81. The monoisotopic (exact) mass is 325 g/mol. The number of nitrogen functional groups attached to an aromatic ring is 1. The molecule has 0 unspecified atom stereocenters. The van der Waals surface area contributed by atoms with Crippen molar-refractivity contribution in [3.8, 4) is 0 Å². The number of nitrogens with zero attached hydrogens (tertiary/aromatic N) is 1. The first-order valence-corrected chi connectivity index (χ1v) is 7.05. The molecule has 18 heavy (non-hydrogen) atoms. The number of anilines is 1. The zero-order valence-corrected chi connectivity index (χ0v) is 11.9. The van der Waals surface area contributed by atoms with Crippen LogP contribution in [0, 0.1) is 0 Å². The van der Waals surface area contributed by atoms with Crippen molar-refractivity contribution in [2.24, 2.45) is 0 Å². The molecule has 0 saturated heterocycles. The molecule has 1 amide bonds. The molecule has 0 aliphatic heterocycles. The Morgan fingerprint density at radius 3 is 2.94 bits per heavy atom. The van der Waals surface area contributed by atoms with Crippen LogP contribution in [0.15, 0.2) is 34.2 Å². The van der Waals surface area contributed by atoms with Gasteiger partial charge in [0.2, 0.25) is 0 Å². The van der Waals surface area contributed by atoms with Gasteiger partial charge in [0, 0.05) is 40.3 Å². The summed E-state index contributed by atoms with van der Waals surface area (Å²) >= 11 is 4.90. The van der Waals surface area contributed by atoms with E-state index in [-0.39, 0.29) is 5.91 Å². The number of carbonyl (C=O) groups excluding carboxylic acids is 1. The molecule has 0 atom stereocenters. The van der Waals surface area contributed by atoms with Gasteiger partial charge in [-0.05, 0) is 18.2 Å². The number of rotatable bonds is 4. The highest BCUT2D eigenvalue weighted by Crippen LogP contribution is 2.17. The largest absolute Gasteiger partial charge is 0.399 e. The zero-order valence-electron chi connectivity index (χ0n) is 9.52. The number of benzene rings is 1. The van der Waals surface area contributed by atoms with Gasteiger partial charge >= 0.3 is 0 Å². The Hall–Kier alpha value is -1.40. The van der Waals surface area contributed by atoms with Crippen LogP contribution in [-0.2, 0) is 6.42 Å². The van der Waals surface area contributed by atoms with E-state index in [1.165, 1.54) is 0 Å². The Morgan fingerprint density at radius 1 is 1.44 bits per heavy atom. The average Bonchev–Trinajstić information content (AvgIpc) is 2.80. The third-order valence-electron chi connectivity index (χ3n) is 2.29. The number of aromatic nitrogens is 1. The lowest BCUT2D eigenvalue weighted by atomic mass is 10.2. The van der Waals surface area contributed by atoms with Crippen molar-refractivity contribution in [1.82, 2.24) is 10.3 Å². The molecule has 0 aliphatic carbocycles. The summed E-state index contributed by atoms with van der Waals surface area (Å²) in [7, 11) is 0. The van der Waals surface area contributed by atoms with Crippen LogP contribution in [0.3, 0.4) is 0 Å². The third-order valence-corrected chi connectivity index (χ3v) is 3.59. The van der Waals surface area contributed by atoms with Gasteiger partial charge in [0.15, 0.2) is 0 Å². The van der Waals surface area contributed by atoms with Gasteiger partial charge in [-0.1, -0.05) is 15.9 Å². The molecule has 6 heteroatoms. The molecule has 0 aliphatic rings. The van der Waals surface area contributed by atoms with E-state index in [2.05, 4.69) is 26.2 Å². The van der Waals surface area contributed by atoms with Gasteiger partial charge < -0.3 is 11.1 Å². The Morgan fingerprint density at radius 2 is 2.28 bits per heavy atom. The minimum absolute atomic E-state index is 0.125. The number of nitrogens with one attached hydrogen (secondary N) is 1. The molecule has 94 valence electrons. The van der Waals surface area contributed by atoms with E-state index in [1.807, 2.05) is 5.38 Å². The van der Waals surface area contributed by atoms with Gasteiger partial charge in [0.1, 0.15) is 0 Å². The Labute approximate surface area is 117 Å². The maximum absolute atomic E-state index is 11.9. The fourth-order valence-electron chi connectivity index (χ4n) is 1.50. The maximum atomic E-state index is 11.9. The molecule has 0 radical (unpaired) electrons. The van der Waals surface area contributed by atoms with Gasteiger partial charge in [-0.2, -0.15) is 0 Å². The summed E-state index contributed by atoms with van der Waals surface area (Å²) < 4.78 is 0.799. The molecule has 0 spiro atoms. The average molecular weight is 326 g/mol. The molecule has 0 bridgehead atoms. The summed E-state index contributed by atoms with van der Waals surface area (Å²) in [4.78, 5) is 16.0. The molecule has 1 heterocycles. The number of halogens is 1. The smallest absolute Gasteiger partial charge is 0.251 e. The summed E-state index contributed by atoms with van der Waals surface area (Å²) in [6, 6.07) is 5.16. The summed E-state index contributed by atoms with van der Waals surface area (Å²) in [6.45, 7) is 0.568. The Balaban J connectivity index is 1.91. The molecule has 3 N–H and O–H groups in total. The molecule has 4 nitrogen and oxygen atoms in total. The summed E-state index contributed by atoms with van der Waals surface area (Å²) in [6.07, 6.45) is 2.50. The lowest BCUT2D eigenvalue weighted by Gasteiger charge is -2.05. The molecule has 0 fully saturated rings. The van der Waals surface area contributed by atoms with Gasteiger partial charge in [-0.3, -0.25) is 4.79 Å². The molecule has 2 rings (SSSR count). The van der Waals surface area contributed by atoms with Gasteiger partial charge in [0.25, 0.3) is 5.91 Å². The SMILES string of the molecule is Nc1cc(Br)cc(C(=O)NCCc2nccs2)c1. The highest BCUT2D eigenvalue weighted by molar-refractivity contribution is 9.10. The number of nitrogens with two attached hydrogens (primary N) is 1. The normalized spacial score (nSPS) is 10.3. The topological polar surface area (TPSA) is 68.0 Å². The quantitative estimate of drug-likeness (QED) is 0.848. The third kappa shape index (κ3) is 3.54. The summed E-state index contributed by atoms with van der Waals surface area (Å²) in [5.74, 6) is -0.125. The standard InChI is InChI=1S/C12H12BrN3OS/c13-9-5-8(6-10(14)7-9)12(17)16-2-1-11-15-3-4-18-11/h3-7H,1-2,14H2,(H,16,17). The number of thiazole rings is 1. The van der Waals surface area contributed by atoms with Crippen molar-refractivity contribution < 1.29 is 4.79 Å². The van der Waals surface area contributed by atoms with Crippen LogP contribution >= 0.6 is 27.3 Å². The first-order chi connectivity index (χ1) is 8.65. The van der Waals surface area contributed by atoms with Crippen molar-refractivity contribution in [2.45, 2.75) is 6.42 Å². The Kier molecular flexibility index (Phi) is 4.33.